The SMILES string of the molecule is NCc1ccc(OCc2ccnc3ccccc23)c(Br)c1. The van der Waals surface area contributed by atoms with Gasteiger partial charge in [0, 0.05) is 23.7 Å². The number of halogens is 1. The first-order valence-electron chi connectivity index (χ1n) is 6.72. The van der Waals surface area contributed by atoms with Crippen LogP contribution in [0.25, 0.3) is 10.9 Å². The molecule has 0 atom stereocenters. The summed E-state index contributed by atoms with van der Waals surface area (Å²) in [5.41, 5.74) is 8.80. The number of pyridine rings is 1. The van der Waals surface area contributed by atoms with Gasteiger partial charge in [0.2, 0.25) is 0 Å². The van der Waals surface area contributed by atoms with E-state index in [1.165, 1.54) is 0 Å². The minimum absolute atomic E-state index is 0.504. The van der Waals surface area contributed by atoms with Gasteiger partial charge in [-0.2, -0.15) is 0 Å². The molecule has 2 aromatic carbocycles. The van der Waals surface area contributed by atoms with Crippen LogP contribution in [-0.4, -0.2) is 4.98 Å². The number of fused-ring (bicyclic) bond motifs is 1. The van der Waals surface area contributed by atoms with E-state index in [0.29, 0.717) is 13.2 Å². The van der Waals surface area contributed by atoms with Crippen LogP contribution in [0, 0.1) is 0 Å². The molecule has 106 valence electrons. The zero-order chi connectivity index (χ0) is 14.7. The summed E-state index contributed by atoms with van der Waals surface area (Å²) in [5, 5.41) is 1.12. The molecule has 1 heterocycles. The van der Waals surface area contributed by atoms with Gasteiger partial charge in [-0.05, 0) is 45.8 Å². The molecular weight excluding hydrogens is 328 g/mol. The largest absolute Gasteiger partial charge is 0.488 e. The van der Waals surface area contributed by atoms with Crippen molar-refractivity contribution in [3.8, 4) is 5.75 Å². The molecule has 3 nitrogen and oxygen atoms in total. The first-order chi connectivity index (χ1) is 10.3. The van der Waals surface area contributed by atoms with E-state index in [1.807, 2.05) is 48.7 Å². The van der Waals surface area contributed by atoms with Gasteiger partial charge in [-0.3, -0.25) is 4.98 Å². The van der Waals surface area contributed by atoms with Crippen molar-refractivity contribution in [2.45, 2.75) is 13.2 Å². The molecule has 0 aliphatic carbocycles. The fourth-order valence-corrected chi connectivity index (χ4v) is 2.77. The topological polar surface area (TPSA) is 48.1 Å². The number of para-hydroxylation sites is 1. The van der Waals surface area contributed by atoms with Crippen molar-refractivity contribution in [1.82, 2.24) is 4.98 Å². The second-order valence-electron chi connectivity index (χ2n) is 4.74. The average Bonchev–Trinajstić information content (AvgIpc) is 2.53. The van der Waals surface area contributed by atoms with Crippen LogP contribution >= 0.6 is 15.9 Å². The number of hydrogen-bond acceptors (Lipinski definition) is 3. The highest BCUT2D eigenvalue weighted by Crippen LogP contribution is 2.27. The van der Waals surface area contributed by atoms with E-state index in [0.717, 1.165) is 32.3 Å². The molecule has 3 aromatic rings. The fraction of sp³-hybridized carbons (Fsp3) is 0.118. The molecule has 0 fully saturated rings. The van der Waals surface area contributed by atoms with Gasteiger partial charge in [-0.1, -0.05) is 24.3 Å². The normalized spacial score (nSPS) is 10.8. The number of benzene rings is 2. The lowest BCUT2D eigenvalue weighted by molar-refractivity contribution is 0.305. The van der Waals surface area contributed by atoms with Crippen LogP contribution in [0.2, 0.25) is 0 Å². The second-order valence-corrected chi connectivity index (χ2v) is 5.60. The minimum atomic E-state index is 0.504. The number of hydrogen-bond donors (Lipinski definition) is 1. The lowest BCUT2D eigenvalue weighted by Gasteiger charge is -2.11. The van der Waals surface area contributed by atoms with Crippen molar-refractivity contribution in [3.63, 3.8) is 0 Å². The van der Waals surface area contributed by atoms with Crippen molar-refractivity contribution in [2.75, 3.05) is 0 Å². The Hall–Kier alpha value is -1.91. The maximum Gasteiger partial charge on any atom is 0.134 e. The number of aromatic nitrogens is 1. The molecule has 0 amide bonds. The number of rotatable bonds is 4. The molecule has 0 unspecified atom stereocenters. The molecule has 0 spiro atoms. The molecule has 0 saturated heterocycles. The predicted octanol–water partition coefficient (Wildman–Crippen LogP) is 4.04. The van der Waals surface area contributed by atoms with Crippen LogP contribution in [0.15, 0.2) is 59.2 Å². The molecule has 4 heteroatoms. The molecule has 0 aliphatic rings. The van der Waals surface area contributed by atoms with Gasteiger partial charge in [0.15, 0.2) is 0 Å². The monoisotopic (exact) mass is 342 g/mol. The molecule has 0 aliphatic heterocycles. The molecule has 0 saturated carbocycles. The van der Waals surface area contributed by atoms with E-state index in [4.69, 9.17) is 10.5 Å². The summed E-state index contributed by atoms with van der Waals surface area (Å²) in [5.74, 6) is 0.813. The highest BCUT2D eigenvalue weighted by molar-refractivity contribution is 9.10. The van der Waals surface area contributed by atoms with Crippen LogP contribution in [0.3, 0.4) is 0 Å². The predicted molar refractivity (Wildman–Crippen MR) is 88.1 cm³/mol. The first-order valence-corrected chi connectivity index (χ1v) is 7.51. The zero-order valence-electron chi connectivity index (χ0n) is 11.4. The van der Waals surface area contributed by atoms with Crippen molar-refractivity contribution >= 4 is 26.8 Å². The van der Waals surface area contributed by atoms with Crippen LogP contribution < -0.4 is 10.5 Å². The molecule has 0 bridgehead atoms. The summed E-state index contributed by atoms with van der Waals surface area (Å²) in [6.07, 6.45) is 1.81. The zero-order valence-corrected chi connectivity index (χ0v) is 13.0. The Bertz CT molecular complexity index is 768. The van der Waals surface area contributed by atoms with Gasteiger partial charge in [-0.25, -0.2) is 0 Å². The quantitative estimate of drug-likeness (QED) is 0.778. The molecular formula is C17H15BrN2O. The van der Waals surface area contributed by atoms with Gasteiger partial charge in [-0.15, -0.1) is 0 Å². The summed E-state index contributed by atoms with van der Waals surface area (Å²) in [7, 11) is 0. The average molecular weight is 343 g/mol. The van der Waals surface area contributed by atoms with E-state index < -0.39 is 0 Å². The third-order valence-corrected chi connectivity index (χ3v) is 3.97. The van der Waals surface area contributed by atoms with Gasteiger partial charge < -0.3 is 10.5 Å². The van der Waals surface area contributed by atoms with E-state index in [2.05, 4.69) is 27.0 Å². The highest BCUT2D eigenvalue weighted by atomic mass is 79.9. The molecule has 21 heavy (non-hydrogen) atoms. The number of nitrogens with two attached hydrogens (primary N) is 1. The maximum absolute atomic E-state index is 5.91. The third kappa shape index (κ3) is 3.06. The van der Waals surface area contributed by atoms with Crippen LogP contribution in [-0.2, 0) is 13.2 Å². The Morgan fingerprint density at radius 1 is 1.10 bits per heavy atom. The van der Waals surface area contributed by atoms with Gasteiger partial charge in [0.25, 0.3) is 0 Å². The standard InChI is InChI=1S/C17H15BrN2O/c18-15-9-12(10-19)5-6-17(15)21-11-13-7-8-20-16-4-2-1-3-14(13)16/h1-9H,10-11,19H2. The summed E-state index contributed by atoms with van der Waals surface area (Å²) < 4.78 is 6.84. The maximum atomic E-state index is 5.91. The van der Waals surface area contributed by atoms with Crippen LogP contribution in [0.1, 0.15) is 11.1 Å². The Balaban J connectivity index is 1.84. The Labute approximate surface area is 131 Å². The van der Waals surface area contributed by atoms with E-state index in [-0.39, 0.29) is 0 Å². The van der Waals surface area contributed by atoms with E-state index >= 15 is 0 Å². The smallest absolute Gasteiger partial charge is 0.134 e. The minimum Gasteiger partial charge on any atom is -0.488 e. The molecule has 1 aromatic heterocycles. The third-order valence-electron chi connectivity index (χ3n) is 3.35. The van der Waals surface area contributed by atoms with Gasteiger partial charge in [0.05, 0.1) is 9.99 Å². The highest BCUT2D eigenvalue weighted by Gasteiger charge is 2.05. The summed E-state index contributed by atoms with van der Waals surface area (Å²) in [4.78, 5) is 4.36. The van der Waals surface area contributed by atoms with Crippen LogP contribution in [0.5, 0.6) is 5.75 Å². The van der Waals surface area contributed by atoms with Crippen molar-refractivity contribution in [2.24, 2.45) is 5.73 Å². The van der Waals surface area contributed by atoms with Crippen molar-refractivity contribution in [1.29, 1.82) is 0 Å². The van der Waals surface area contributed by atoms with Crippen molar-refractivity contribution < 1.29 is 4.74 Å². The van der Waals surface area contributed by atoms with Crippen molar-refractivity contribution in [3.05, 3.63) is 70.3 Å². The Morgan fingerprint density at radius 3 is 2.76 bits per heavy atom. The van der Waals surface area contributed by atoms with E-state index in [1.54, 1.807) is 0 Å². The Kier molecular flexibility index (Phi) is 4.18. The lowest BCUT2D eigenvalue weighted by Crippen LogP contribution is -2.00. The van der Waals surface area contributed by atoms with Crippen LogP contribution in [0.4, 0.5) is 0 Å². The van der Waals surface area contributed by atoms with Gasteiger partial charge >= 0.3 is 0 Å². The summed E-state index contributed by atoms with van der Waals surface area (Å²) >= 11 is 3.52. The molecule has 3 rings (SSSR count). The number of nitrogens with zero attached hydrogens (tertiary/aromatic N) is 1. The summed E-state index contributed by atoms with van der Waals surface area (Å²) in [6, 6.07) is 16.0. The fourth-order valence-electron chi connectivity index (χ4n) is 2.22. The van der Waals surface area contributed by atoms with E-state index in [9.17, 15) is 0 Å². The molecule has 2 N–H and O–H groups in total. The second kappa shape index (κ2) is 6.24. The number of ether oxygens (including phenoxy) is 1. The molecule has 0 radical (unpaired) electrons. The van der Waals surface area contributed by atoms with Gasteiger partial charge in [0.1, 0.15) is 12.4 Å². The first kappa shape index (κ1) is 14.0. The lowest BCUT2D eigenvalue weighted by atomic mass is 10.1. The Morgan fingerprint density at radius 2 is 1.95 bits per heavy atom. The summed E-state index contributed by atoms with van der Waals surface area (Å²) in [6.45, 7) is 1.03.